The fourth-order valence-electron chi connectivity index (χ4n) is 2.11. The third-order valence-electron chi connectivity index (χ3n) is 2.80. The summed E-state index contributed by atoms with van der Waals surface area (Å²) in [6, 6.07) is 7.30. The molecule has 0 aliphatic heterocycles. The van der Waals surface area contributed by atoms with Crippen LogP contribution in [-0.2, 0) is 27.8 Å². The van der Waals surface area contributed by atoms with E-state index in [1.807, 2.05) is 12.1 Å². The van der Waals surface area contributed by atoms with Crippen molar-refractivity contribution in [2.24, 2.45) is 0 Å². The molecule has 0 saturated carbocycles. The summed E-state index contributed by atoms with van der Waals surface area (Å²) in [5.41, 5.74) is 1.04. The molecule has 0 atom stereocenters. The molecule has 6 nitrogen and oxygen atoms in total. The molecule has 1 aromatic carbocycles. The highest BCUT2D eigenvalue weighted by Gasteiger charge is 2.21. The van der Waals surface area contributed by atoms with Crippen LogP contribution >= 0.6 is 0 Å². The zero-order valence-corrected chi connectivity index (χ0v) is 13.3. The van der Waals surface area contributed by atoms with Crippen LogP contribution in [0.4, 0.5) is 0 Å². The van der Waals surface area contributed by atoms with Gasteiger partial charge in [0.15, 0.2) is 0 Å². The number of hydrogen-bond acceptors (Lipinski definition) is 4. The van der Waals surface area contributed by atoms with Crippen molar-refractivity contribution < 1.29 is 18.3 Å². The molecule has 0 amide bonds. The van der Waals surface area contributed by atoms with E-state index in [-0.39, 0.29) is 6.42 Å². The standard InChI is InChI=1S/C14H22N2O4S/c1-14(2,16-21(3,19)20)10-15-9-12-7-5-4-6-11(12)8-13(17)18/h4-7,15-16H,8-10H2,1-3H3,(H,17,18). The number of hydrogen-bond donors (Lipinski definition) is 3. The Labute approximate surface area is 125 Å². The maximum Gasteiger partial charge on any atom is 0.307 e. The predicted molar refractivity (Wildman–Crippen MR) is 81.5 cm³/mol. The Bertz CT molecular complexity index is 597. The van der Waals surface area contributed by atoms with Crippen LogP contribution in [0, 0.1) is 0 Å². The van der Waals surface area contributed by atoms with Crippen LogP contribution in [0.2, 0.25) is 0 Å². The molecule has 0 aromatic heterocycles. The van der Waals surface area contributed by atoms with E-state index in [4.69, 9.17) is 5.11 Å². The fourth-order valence-corrected chi connectivity index (χ4v) is 3.19. The van der Waals surface area contributed by atoms with Gasteiger partial charge in [-0.25, -0.2) is 13.1 Å². The van der Waals surface area contributed by atoms with Crippen LogP contribution in [0.15, 0.2) is 24.3 Å². The van der Waals surface area contributed by atoms with Gasteiger partial charge in [-0.2, -0.15) is 0 Å². The van der Waals surface area contributed by atoms with Gasteiger partial charge in [0, 0.05) is 18.6 Å². The van der Waals surface area contributed by atoms with Gasteiger partial charge >= 0.3 is 5.97 Å². The van der Waals surface area contributed by atoms with Crippen molar-refractivity contribution in [3.63, 3.8) is 0 Å². The molecule has 118 valence electrons. The first-order chi connectivity index (χ1) is 9.59. The second-order valence-corrected chi connectivity index (χ2v) is 7.45. The van der Waals surface area contributed by atoms with Crippen LogP contribution in [0.1, 0.15) is 25.0 Å². The van der Waals surface area contributed by atoms with Gasteiger partial charge in [-0.05, 0) is 25.0 Å². The van der Waals surface area contributed by atoms with Crippen molar-refractivity contribution in [3.05, 3.63) is 35.4 Å². The van der Waals surface area contributed by atoms with E-state index in [0.29, 0.717) is 13.1 Å². The minimum Gasteiger partial charge on any atom is -0.481 e. The summed E-state index contributed by atoms with van der Waals surface area (Å²) in [6.07, 6.45) is 1.10. The molecule has 0 radical (unpaired) electrons. The van der Waals surface area contributed by atoms with Gasteiger partial charge in [-0.1, -0.05) is 24.3 Å². The lowest BCUT2D eigenvalue weighted by molar-refractivity contribution is -0.136. The van der Waals surface area contributed by atoms with Crippen molar-refractivity contribution in [2.45, 2.75) is 32.4 Å². The Balaban J connectivity index is 2.62. The van der Waals surface area contributed by atoms with Crippen LogP contribution in [0.3, 0.4) is 0 Å². The molecule has 0 spiro atoms. The summed E-state index contributed by atoms with van der Waals surface area (Å²) in [5, 5.41) is 12.0. The number of benzene rings is 1. The third kappa shape index (κ3) is 7.22. The molecule has 0 saturated heterocycles. The second kappa shape index (κ2) is 7.02. The zero-order chi connectivity index (χ0) is 16.1. The summed E-state index contributed by atoms with van der Waals surface area (Å²) in [5.74, 6) is -0.874. The number of aliphatic carboxylic acids is 1. The van der Waals surface area contributed by atoms with E-state index < -0.39 is 21.5 Å². The number of carbonyl (C=O) groups is 1. The van der Waals surface area contributed by atoms with E-state index in [2.05, 4.69) is 10.0 Å². The van der Waals surface area contributed by atoms with E-state index in [1.165, 1.54) is 0 Å². The maximum atomic E-state index is 11.3. The topological polar surface area (TPSA) is 95.5 Å². The summed E-state index contributed by atoms with van der Waals surface area (Å²) in [4.78, 5) is 10.8. The molecule has 1 rings (SSSR count). The number of nitrogens with one attached hydrogen (secondary N) is 2. The van der Waals surface area contributed by atoms with Gasteiger partial charge in [0.25, 0.3) is 0 Å². The van der Waals surface area contributed by atoms with Gasteiger partial charge in [-0.3, -0.25) is 4.79 Å². The Morgan fingerprint density at radius 3 is 2.33 bits per heavy atom. The summed E-state index contributed by atoms with van der Waals surface area (Å²) in [7, 11) is -3.27. The molecule has 3 N–H and O–H groups in total. The minimum atomic E-state index is -3.27. The summed E-state index contributed by atoms with van der Waals surface area (Å²) >= 11 is 0. The van der Waals surface area contributed by atoms with E-state index in [0.717, 1.165) is 17.4 Å². The van der Waals surface area contributed by atoms with Gasteiger partial charge < -0.3 is 10.4 Å². The van der Waals surface area contributed by atoms with Crippen LogP contribution < -0.4 is 10.0 Å². The Morgan fingerprint density at radius 1 is 1.24 bits per heavy atom. The Morgan fingerprint density at radius 2 is 1.81 bits per heavy atom. The average Bonchev–Trinajstić information content (AvgIpc) is 2.27. The maximum absolute atomic E-state index is 11.3. The van der Waals surface area contributed by atoms with Crippen LogP contribution in [0.5, 0.6) is 0 Å². The van der Waals surface area contributed by atoms with Crippen molar-refractivity contribution >= 4 is 16.0 Å². The van der Waals surface area contributed by atoms with E-state index in [1.54, 1.807) is 26.0 Å². The first-order valence-electron chi connectivity index (χ1n) is 6.57. The zero-order valence-electron chi connectivity index (χ0n) is 12.5. The molecule has 0 unspecified atom stereocenters. The largest absolute Gasteiger partial charge is 0.481 e. The van der Waals surface area contributed by atoms with Crippen molar-refractivity contribution in [1.29, 1.82) is 0 Å². The summed E-state index contributed by atoms with van der Waals surface area (Å²) in [6.45, 7) is 4.48. The molecule has 7 heteroatoms. The van der Waals surface area contributed by atoms with Gasteiger partial charge in [-0.15, -0.1) is 0 Å². The van der Waals surface area contributed by atoms with Crippen molar-refractivity contribution in [3.8, 4) is 0 Å². The minimum absolute atomic E-state index is 0.0250. The summed E-state index contributed by atoms with van der Waals surface area (Å²) < 4.78 is 25.0. The van der Waals surface area contributed by atoms with Gasteiger partial charge in [0.2, 0.25) is 10.0 Å². The van der Waals surface area contributed by atoms with E-state index >= 15 is 0 Å². The van der Waals surface area contributed by atoms with Crippen molar-refractivity contribution in [2.75, 3.05) is 12.8 Å². The number of carboxylic acid groups (broad SMARTS) is 1. The molecule has 0 fully saturated rings. The smallest absolute Gasteiger partial charge is 0.307 e. The second-order valence-electron chi connectivity index (χ2n) is 5.70. The quantitative estimate of drug-likeness (QED) is 0.657. The van der Waals surface area contributed by atoms with Crippen LogP contribution in [-0.4, -0.2) is 37.8 Å². The molecule has 0 aliphatic carbocycles. The molecule has 0 aliphatic rings. The monoisotopic (exact) mass is 314 g/mol. The fraction of sp³-hybridized carbons (Fsp3) is 0.500. The lowest BCUT2D eigenvalue weighted by atomic mass is 10.0. The molecular weight excluding hydrogens is 292 g/mol. The van der Waals surface area contributed by atoms with Gasteiger partial charge in [0.05, 0.1) is 12.7 Å². The molecular formula is C14H22N2O4S. The highest BCUT2D eigenvalue weighted by Crippen LogP contribution is 2.10. The predicted octanol–water partition coefficient (Wildman–Crippen LogP) is 0.731. The first-order valence-corrected chi connectivity index (χ1v) is 8.46. The highest BCUT2D eigenvalue weighted by atomic mass is 32.2. The molecule has 21 heavy (non-hydrogen) atoms. The Kier molecular flexibility index (Phi) is 5.88. The van der Waals surface area contributed by atoms with E-state index in [9.17, 15) is 13.2 Å². The first kappa shape index (κ1) is 17.6. The number of carboxylic acids is 1. The molecule has 1 aromatic rings. The van der Waals surface area contributed by atoms with Gasteiger partial charge in [0.1, 0.15) is 0 Å². The normalized spacial score (nSPS) is 12.3. The number of rotatable bonds is 8. The SMILES string of the molecule is CC(C)(CNCc1ccccc1CC(=O)O)NS(C)(=O)=O. The number of sulfonamides is 1. The lowest BCUT2D eigenvalue weighted by Gasteiger charge is -2.25. The molecule has 0 heterocycles. The Hall–Kier alpha value is -1.44. The third-order valence-corrected chi connectivity index (χ3v) is 3.73. The van der Waals surface area contributed by atoms with Crippen molar-refractivity contribution in [1.82, 2.24) is 10.0 Å². The highest BCUT2D eigenvalue weighted by molar-refractivity contribution is 7.88. The average molecular weight is 314 g/mol. The van der Waals surface area contributed by atoms with Crippen LogP contribution in [0.25, 0.3) is 0 Å². The molecule has 0 bridgehead atoms. The lowest BCUT2D eigenvalue weighted by Crippen LogP contribution is -2.49.